The molecule has 1 aromatic rings. The molecule has 1 rings (SSSR count). The van der Waals surface area contributed by atoms with Gasteiger partial charge in [-0.15, -0.1) is 11.3 Å². The van der Waals surface area contributed by atoms with E-state index in [1.165, 1.54) is 18.4 Å². The minimum absolute atomic E-state index is 0.0343. The van der Waals surface area contributed by atoms with Crippen molar-refractivity contribution < 1.29 is 14.3 Å². The van der Waals surface area contributed by atoms with Gasteiger partial charge in [0.1, 0.15) is 0 Å². The van der Waals surface area contributed by atoms with E-state index in [0.717, 1.165) is 4.88 Å². The van der Waals surface area contributed by atoms with Gasteiger partial charge in [-0.2, -0.15) is 0 Å². The molecule has 82 valence electrons. The molecule has 1 aromatic heterocycles. The fourth-order valence-corrected chi connectivity index (χ4v) is 1.97. The van der Waals surface area contributed by atoms with Crippen LogP contribution in [-0.2, 0) is 9.53 Å². The predicted molar refractivity (Wildman–Crippen MR) is 59.1 cm³/mol. The first-order valence-corrected chi connectivity index (χ1v) is 5.65. The number of ether oxygens (including phenoxy) is 1. The first-order valence-electron chi connectivity index (χ1n) is 4.77. The van der Waals surface area contributed by atoms with Gasteiger partial charge in [0, 0.05) is 12.8 Å². The van der Waals surface area contributed by atoms with Crippen molar-refractivity contribution in [2.24, 2.45) is 5.92 Å². The van der Waals surface area contributed by atoms with E-state index in [4.69, 9.17) is 0 Å². The maximum atomic E-state index is 11.6. The van der Waals surface area contributed by atoms with Gasteiger partial charge >= 0.3 is 5.97 Å². The number of carbonyl (C=O) groups is 2. The molecule has 0 spiro atoms. The fraction of sp³-hybridized carbons (Fsp3) is 0.455. The summed E-state index contributed by atoms with van der Waals surface area (Å²) in [7, 11) is 1.36. The highest BCUT2D eigenvalue weighted by Crippen LogP contribution is 2.16. The largest absolute Gasteiger partial charge is 0.469 e. The van der Waals surface area contributed by atoms with Crippen molar-refractivity contribution in [3.8, 4) is 0 Å². The molecule has 0 fully saturated rings. The number of rotatable bonds is 5. The molecule has 0 unspecified atom stereocenters. The van der Waals surface area contributed by atoms with Crippen LogP contribution in [0.4, 0.5) is 0 Å². The third-order valence-electron chi connectivity index (χ3n) is 2.07. The SMILES string of the molecule is COC(=O)C[C@@H](C)CC(=O)c1cccs1. The Morgan fingerprint density at radius 1 is 1.47 bits per heavy atom. The Morgan fingerprint density at radius 3 is 2.73 bits per heavy atom. The van der Waals surface area contributed by atoms with Crippen LogP contribution in [0.2, 0.25) is 0 Å². The number of methoxy groups -OCH3 is 1. The molecule has 0 aliphatic rings. The number of carbonyl (C=O) groups excluding carboxylic acids is 2. The predicted octanol–water partition coefficient (Wildman–Crippen LogP) is 2.52. The molecule has 15 heavy (non-hydrogen) atoms. The second-order valence-corrected chi connectivity index (χ2v) is 4.44. The lowest BCUT2D eigenvalue weighted by Crippen LogP contribution is -2.11. The number of hydrogen-bond acceptors (Lipinski definition) is 4. The van der Waals surface area contributed by atoms with Crippen LogP contribution in [0.1, 0.15) is 29.4 Å². The van der Waals surface area contributed by atoms with Crippen LogP contribution in [-0.4, -0.2) is 18.9 Å². The van der Waals surface area contributed by atoms with Gasteiger partial charge in [0.25, 0.3) is 0 Å². The molecule has 4 heteroatoms. The minimum atomic E-state index is -0.263. The van der Waals surface area contributed by atoms with E-state index in [1.807, 2.05) is 18.4 Å². The Bertz CT molecular complexity index is 330. The van der Waals surface area contributed by atoms with E-state index >= 15 is 0 Å². The molecule has 0 bridgehead atoms. The summed E-state index contributed by atoms with van der Waals surface area (Å²) in [5, 5.41) is 1.87. The summed E-state index contributed by atoms with van der Waals surface area (Å²) in [6.07, 6.45) is 0.698. The second-order valence-electron chi connectivity index (χ2n) is 3.49. The zero-order valence-corrected chi connectivity index (χ0v) is 9.67. The maximum absolute atomic E-state index is 11.6. The summed E-state index contributed by atoms with van der Waals surface area (Å²) in [5.41, 5.74) is 0. The molecule has 0 radical (unpaired) electrons. The lowest BCUT2D eigenvalue weighted by Gasteiger charge is -2.07. The monoisotopic (exact) mass is 226 g/mol. The van der Waals surface area contributed by atoms with Crippen molar-refractivity contribution in [1.29, 1.82) is 0 Å². The molecule has 0 aliphatic heterocycles. The Hall–Kier alpha value is -1.16. The topological polar surface area (TPSA) is 43.4 Å². The molecular formula is C11H14O3S. The Morgan fingerprint density at radius 2 is 2.20 bits per heavy atom. The van der Waals surface area contributed by atoms with Crippen LogP contribution >= 0.6 is 11.3 Å². The van der Waals surface area contributed by atoms with Gasteiger partial charge in [0.05, 0.1) is 12.0 Å². The third kappa shape index (κ3) is 3.83. The number of ketones is 1. The summed E-state index contributed by atoms with van der Waals surface area (Å²) in [6.45, 7) is 1.88. The van der Waals surface area contributed by atoms with E-state index in [0.29, 0.717) is 12.8 Å². The van der Waals surface area contributed by atoms with Crippen LogP contribution in [0, 0.1) is 5.92 Å². The molecule has 1 atom stereocenters. The molecular weight excluding hydrogens is 212 g/mol. The van der Waals surface area contributed by atoms with E-state index in [2.05, 4.69) is 4.74 Å². The standard InChI is InChI=1S/C11H14O3S/c1-8(7-11(13)14-2)6-9(12)10-4-3-5-15-10/h3-5,8H,6-7H2,1-2H3/t8-/m0/s1. The van der Waals surface area contributed by atoms with Crippen LogP contribution < -0.4 is 0 Å². The average Bonchev–Trinajstić information content (AvgIpc) is 2.70. The van der Waals surface area contributed by atoms with Gasteiger partial charge in [0.15, 0.2) is 5.78 Å². The van der Waals surface area contributed by atoms with Gasteiger partial charge < -0.3 is 4.74 Å². The van der Waals surface area contributed by atoms with Crippen LogP contribution in [0.15, 0.2) is 17.5 Å². The molecule has 0 amide bonds. The molecule has 0 N–H and O–H groups in total. The number of esters is 1. The highest BCUT2D eigenvalue weighted by Gasteiger charge is 2.15. The lowest BCUT2D eigenvalue weighted by molar-refractivity contribution is -0.141. The molecule has 0 saturated carbocycles. The normalized spacial score (nSPS) is 12.1. The maximum Gasteiger partial charge on any atom is 0.305 e. The van der Waals surface area contributed by atoms with E-state index in [1.54, 1.807) is 6.07 Å². The van der Waals surface area contributed by atoms with Crippen molar-refractivity contribution in [1.82, 2.24) is 0 Å². The van der Waals surface area contributed by atoms with Crippen molar-refractivity contribution in [3.05, 3.63) is 22.4 Å². The van der Waals surface area contributed by atoms with E-state index < -0.39 is 0 Å². The third-order valence-corrected chi connectivity index (χ3v) is 2.98. The average molecular weight is 226 g/mol. The summed E-state index contributed by atoms with van der Waals surface area (Å²) >= 11 is 1.43. The van der Waals surface area contributed by atoms with Gasteiger partial charge in [-0.3, -0.25) is 9.59 Å². The zero-order chi connectivity index (χ0) is 11.3. The van der Waals surface area contributed by atoms with Crippen LogP contribution in [0.5, 0.6) is 0 Å². The molecule has 3 nitrogen and oxygen atoms in total. The van der Waals surface area contributed by atoms with Crippen molar-refractivity contribution in [3.63, 3.8) is 0 Å². The highest BCUT2D eigenvalue weighted by molar-refractivity contribution is 7.12. The number of hydrogen-bond donors (Lipinski definition) is 0. The smallest absolute Gasteiger partial charge is 0.305 e. The Kier molecular flexibility index (Phi) is 4.49. The first-order chi connectivity index (χ1) is 7.13. The Balaban J connectivity index is 2.42. The molecule has 1 heterocycles. The highest BCUT2D eigenvalue weighted by atomic mass is 32.1. The van der Waals surface area contributed by atoms with Crippen LogP contribution in [0.25, 0.3) is 0 Å². The zero-order valence-electron chi connectivity index (χ0n) is 8.86. The summed E-state index contributed by atoms with van der Waals surface area (Å²) in [4.78, 5) is 23.4. The van der Waals surface area contributed by atoms with Gasteiger partial charge in [0.2, 0.25) is 0 Å². The number of thiophene rings is 1. The van der Waals surface area contributed by atoms with Gasteiger partial charge in [-0.05, 0) is 17.4 Å². The summed E-state index contributed by atoms with van der Waals surface area (Å²) < 4.78 is 4.55. The minimum Gasteiger partial charge on any atom is -0.469 e. The van der Waals surface area contributed by atoms with Crippen molar-refractivity contribution in [2.45, 2.75) is 19.8 Å². The van der Waals surface area contributed by atoms with Crippen molar-refractivity contribution >= 4 is 23.1 Å². The molecule has 0 saturated heterocycles. The van der Waals surface area contributed by atoms with Gasteiger partial charge in [-0.1, -0.05) is 13.0 Å². The summed E-state index contributed by atoms with van der Waals surface area (Å²) in [5.74, 6) is -0.130. The van der Waals surface area contributed by atoms with E-state index in [9.17, 15) is 9.59 Å². The van der Waals surface area contributed by atoms with E-state index in [-0.39, 0.29) is 17.7 Å². The number of Topliss-reactive ketones (excluding diaryl/α,β-unsaturated/α-hetero) is 1. The summed E-state index contributed by atoms with van der Waals surface area (Å²) in [6, 6.07) is 3.65. The molecule has 0 aromatic carbocycles. The second kappa shape index (κ2) is 5.66. The van der Waals surface area contributed by atoms with Crippen molar-refractivity contribution in [2.75, 3.05) is 7.11 Å². The van der Waals surface area contributed by atoms with Crippen LogP contribution in [0.3, 0.4) is 0 Å². The Labute approximate surface area is 93.1 Å². The fourth-order valence-electron chi connectivity index (χ4n) is 1.29. The first kappa shape index (κ1) is 11.9. The molecule has 0 aliphatic carbocycles. The van der Waals surface area contributed by atoms with Gasteiger partial charge in [-0.25, -0.2) is 0 Å². The lowest BCUT2D eigenvalue weighted by atomic mass is 10.0. The quantitative estimate of drug-likeness (QED) is 0.572.